The Morgan fingerprint density at radius 2 is 1.87 bits per heavy atom. The van der Waals surface area contributed by atoms with Gasteiger partial charge in [0.15, 0.2) is 5.78 Å². The molecule has 0 spiro atoms. The number of aliphatic hydroxyl groups is 1. The Morgan fingerprint density at radius 1 is 1.13 bits per heavy atom. The maximum Gasteiger partial charge on any atom is 0.456 e. The van der Waals surface area contributed by atoms with Gasteiger partial charge in [-0.1, -0.05) is 36.8 Å². The second-order valence-corrected chi connectivity index (χ2v) is 14.2. The topological polar surface area (TPSA) is 76.5 Å². The minimum absolute atomic E-state index is 0.0320. The highest BCUT2D eigenvalue weighted by Gasteiger charge is 2.79. The number of hydrogen-bond donors (Lipinski definition) is 1. The normalized spacial score (nSPS) is 30.7. The van der Waals surface area contributed by atoms with E-state index in [4.69, 9.17) is 4.74 Å². The summed E-state index contributed by atoms with van der Waals surface area (Å²) in [5.74, 6) is -6.99. The molecule has 4 aliphatic rings. The number of fused-ring (bicyclic) bond motifs is 4. The Labute approximate surface area is 262 Å². The van der Waals surface area contributed by atoms with E-state index in [1.807, 2.05) is 17.5 Å². The molecule has 0 saturated heterocycles. The van der Waals surface area contributed by atoms with Crippen LogP contribution in [0.2, 0.25) is 0 Å². The summed E-state index contributed by atoms with van der Waals surface area (Å²) < 4.78 is 77.4. The van der Waals surface area contributed by atoms with Crippen molar-refractivity contribution in [1.82, 2.24) is 4.98 Å². The molecule has 1 N–H and O–H groups in total. The minimum atomic E-state index is -5.89. The molecule has 1 aromatic carbocycles. The number of ketones is 1. The Morgan fingerprint density at radius 3 is 2.53 bits per heavy atom. The van der Waals surface area contributed by atoms with E-state index in [-0.39, 0.29) is 36.9 Å². The number of halogens is 5. The van der Waals surface area contributed by atoms with Crippen LogP contribution in [0.5, 0.6) is 0 Å². The van der Waals surface area contributed by atoms with Gasteiger partial charge in [-0.3, -0.25) is 9.59 Å². The number of ether oxygens (including phenoxy) is 1. The number of carbonyl (C=O) groups is 2. The summed E-state index contributed by atoms with van der Waals surface area (Å²) in [6.07, 6.45) is -1.23. The standard InChI is InChI=1S/C34H36F5NO4S/c1-19(44-29(42)12-11-28-40-15-16-45-28)20-3-5-21(6-4-20)26-18-31(2)27(13-14-32(31,43)33(35,36)34(37,38)39)25-9-7-22-17-23(41)8-10-24(22)30(25)26/h3-6,15-17,19,25-27,43H,7-14,18H2,1-2H3/t19?,25?,26-,27?,31+,32+/m1/s1. The maximum absolute atomic E-state index is 15.2. The number of rotatable bonds is 7. The van der Waals surface area contributed by atoms with Gasteiger partial charge in [-0.25, -0.2) is 4.98 Å². The molecule has 2 aromatic rings. The van der Waals surface area contributed by atoms with Crippen LogP contribution >= 0.6 is 11.3 Å². The van der Waals surface area contributed by atoms with Crippen molar-refractivity contribution in [3.8, 4) is 0 Å². The van der Waals surface area contributed by atoms with E-state index >= 15 is 8.78 Å². The zero-order valence-electron chi connectivity index (χ0n) is 25.1. The molecule has 6 atom stereocenters. The average Bonchev–Trinajstić information content (AvgIpc) is 3.61. The highest BCUT2D eigenvalue weighted by atomic mass is 32.1. The third-order valence-corrected chi connectivity index (χ3v) is 11.7. The first kappa shape index (κ1) is 32.0. The van der Waals surface area contributed by atoms with Gasteiger partial charge in [-0.15, -0.1) is 11.3 Å². The van der Waals surface area contributed by atoms with Crippen LogP contribution in [0, 0.1) is 17.3 Å². The number of aryl methyl sites for hydroxylation is 1. The number of nitrogens with zero attached hydrogens (tertiary/aromatic N) is 1. The molecule has 0 radical (unpaired) electrons. The highest BCUT2D eigenvalue weighted by Crippen LogP contribution is 2.70. The van der Waals surface area contributed by atoms with Crippen molar-refractivity contribution in [3.05, 3.63) is 74.8 Å². The largest absolute Gasteiger partial charge is 0.458 e. The molecule has 4 aliphatic carbocycles. The molecule has 2 fully saturated rings. The Balaban J connectivity index is 1.33. The molecule has 1 heterocycles. The number of carbonyl (C=O) groups excluding carboxylic acids is 2. The molecule has 0 bridgehead atoms. The van der Waals surface area contributed by atoms with Gasteiger partial charge >= 0.3 is 18.1 Å². The van der Waals surface area contributed by atoms with Crippen LogP contribution in [0.3, 0.4) is 0 Å². The van der Waals surface area contributed by atoms with Gasteiger partial charge in [0.2, 0.25) is 0 Å². The van der Waals surface area contributed by atoms with Crippen molar-refractivity contribution in [2.45, 2.75) is 101 Å². The number of benzene rings is 1. The van der Waals surface area contributed by atoms with Crippen molar-refractivity contribution in [2.24, 2.45) is 17.3 Å². The fourth-order valence-corrected chi connectivity index (χ4v) is 9.24. The second kappa shape index (κ2) is 11.4. The number of hydrogen-bond acceptors (Lipinski definition) is 6. The van der Waals surface area contributed by atoms with Crippen LogP contribution in [-0.2, 0) is 20.7 Å². The molecule has 242 valence electrons. The molecule has 0 aliphatic heterocycles. The zero-order chi connectivity index (χ0) is 32.4. The lowest BCUT2D eigenvalue weighted by Crippen LogP contribution is -2.65. The molecule has 3 unspecified atom stereocenters. The van der Waals surface area contributed by atoms with Gasteiger partial charge < -0.3 is 9.84 Å². The number of alkyl halides is 5. The maximum atomic E-state index is 15.2. The van der Waals surface area contributed by atoms with Crippen molar-refractivity contribution < 1.29 is 41.4 Å². The van der Waals surface area contributed by atoms with E-state index in [1.165, 1.54) is 18.3 Å². The van der Waals surface area contributed by atoms with E-state index in [9.17, 15) is 27.9 Å². The third kappa shape index (κ3) is 5.27. The zero-order valence-corrected chi connectivity index (χ0v) is 25.9. The lowest BCUT2D eigenvalue weighted by atomic mass is 9.50. The summed E-state index contributed by atoms with van der Waals surface area (Å²) in [7, 11) is 0. The first-order chi connectivity index (χ1) is 21.2. The molecule has 5 nitrogen and oxygen atoms in total. The summed E-state index contributed by atoms with van der Waals surface area (Å²) in [5.41, 5.74) is -0.568. The van der Waals surface area contributed by atoms with Crippen LogP contribution in [0.4, 0.5) is 22.0 Å². The predicted octanol–water partition coefficient (Wildman–Crippen LogP) is 8.21. The molecule has 1 aromatic heterocycles. The summed E-state index contributed by atoms with van der Waals surface area (Å²) in [5, 5.41) is 14.1. The first-order valence-corrected chi connectivity index (χ1v) is 16.4. The second-order valence-electron chi connectivity index (χ2n) is 13.2. The number of allylic oxidation sites excluding steroid dienone is 4. The Hall–Kier alpha value is -2.92. The minimum Gasteiger partial charge on any atom is -0.458 e. The lowest BCUT2D eigenvalue weighted by molar-refractivity contribution is -0.362. The van der Waals surface area contributed by atoms with Crippen molar-refractivity contribution >= 4 is 23.1 Å². The van der Waals surface area contributed by atoms with Crippen molar-refractivity contribution in [2.75, 3.05) is 0 Å². The Bertz CT molecular complexity index is 1530. The van der Waals surface area contributed by atoms with Crippen molar-refractivity contribution in [3.63, 3.8) is 0 Å². The van der Waals surface area contributed by atoms with E-state index in [1.54, 1.807) is 31.3 Å². The van der Waals surface area contributed by atoms with E-state index < -0.39 is 47.5 Å². The monoisotopic (exact) mass is 649 g/mol. The predicted molar refractivity (Wildman–Crippen MR) is 158 cm³/mol. The molecular formula is C34H36F5NO4S. The lowest BCUT2D eigenvalue weighted by Gasteiger charge is -2.56. The van der Waals surface area contributed by atoms with Gasteiger partial charge in [0.25, 0.3) is 0 Å². The fraction of sp³-hybridized carbons (Fsp3) is 0.559. The van der Waals surface area contributed by atoms with Gasteiger partial charge in [0.05, 0.1) is 11.4 Å². The molecule has 11 heteroatoms. The first-order valence-electron chi connectivity index (χ1n) is 15.5. The summed E-state index contributed by atoms with van der Waals surface area (Å²) in [4.78, 5) is 28.9. The molecule has 45 heavy (non-hydrogen) atoms. The molecule has 2 saturated carbocycles. The van der Waals surface area contributed by atoms with Crippen LogP contribution < -0.4 is 0 Å². The highest BCUT2D eigenvalue weighted by molar-refractivity contribution is 7.09. The number of aromatic nitrogens is 1. The number of thiazole rings is 1. The smallest absolute Gasteiger partial charge is 0.456 e. The van der Waals surface area contributed by atoms with E-state index in [0.29, 0.717) is 37.7 Å². The summed E-state index contributed by atoms with van der Waals surface area (Å²) in [6, 6.07) is 7.21. The molecular weight excluding hydrogens is 613 g/mol. The summed E-state index contributed by atoms with van der Waals surface area (Å²) >= 11 is 1.46. The number of esters is 1. The van der Waals surface area contributed by atoms with Gasteiger partial charge in [0.1, 0.15) is 11.7 Å². The quantitative estimate of drug-likeness (QED) is 0.242. The molecule has 6 rings (SSSR count). The van der Waals surface area contributed by atoms with Gasteiger partial charge in [-0.2, -0.15) is 22.0 Å². The van der Waals surface area contributed by atoms with Gasteiger partial charge in [0, 0.05) is 35.8 Å². The van der Waals surface area contributed by atoms with Crippen LogP contribution in [-0.4, -0.2) is 39.5 Å². The van der Waals surface area contributed by atoms with E-state index in [0.717, 1.165) is 27.3 Å². The third-order valence-electron chi connectivity index (χ3n) is 10.9. The van der Waals surface area contributed by atoms with Crippen LogP contribution in [0.25, 0.3) is 0 Å². The van der Waals surface area contributed by atoms with Crippen LogP contribution in [0.1, 0.15) is 93.4 Å². The van der Waals surface area contributed by atoms with Crippen molar-refractivity contribution in [1.29, 1.82) is 0 Å². The van der Waals surface area contributed by atoms with Gasteiger partial charge in [-0.05, 0) is 85.6 Å². The Kier molecular flexibility index (Phi) is 8.12. The van der Waals surface area contributed by atoms with E-state index in [2.05, 4.69) is 4.98 Å². The SMILES string of the molecule is CC(OC(=O)CCc1nccs1)c1ccc([C@H]2C[C@@]3(C)C(CC[C@@]3(O)C(F)(F)C(F)(F)F)C3CCC4=CC(=O)CCC4=C32)cc1. The summed E-state index contributed by atoms with van der Waals surface area (Å²) in [6.45, 7) is 3.16. The molecule has 0 amide bonds. The fourth-order valence-electron chi connectivity index (χ4n) is 8.62. The average molecular weight is 650 g/mol. The van der Waals surface area contributed by atoms with Crippen LogP contribution in [0.15, 0.2) is 58.6 Å².